The number of nitrogens with zero attached hydrogens (tertiary/aromatic N) is 1. The lowest BCUT2D eigenvalue weighted by atomic mass is 9.97. The van der Waals surface area contributed by atoms with E-state index in [1.54, 1.807) is 11.8 Å². The maximum Gasteiger partial charge on any atom is 0.410 e. The fourth-order valence-corrected chi connectivity index (χ4v) is 3.18. The van der Waals surface area contributed by atoms with Crippen molar-refractivity contribution < 1.29 is 23.9 Å². The van der Waals surface area contributed by atoms with Crippen molar-refractivity contribution in [3.8, 4) is 0 Å². The highest BCUT2D eigenvalue weighted by molar-refractivity contribution is 5.96. The Morgan fingerprint density at radius 1 is 1.10 bits per heavy atom. The molecule has 0 radical (unpaired) electrons. The number of likely N-dealkylation sites (tertiary alicyclic amines) is 1. The third-order valence-electron chi connectivity index (χ3n) is 4.87. The van der Waals surface area contributed by atoms with E-state index in [4.69, 9.17) is 9.47 Å². The lowest BCUT2D eigenvalue weighted by Crippen LogP contribution is -2.43. The van der Waals surface area contributed by atoms with E-state index in [1.807, 2.05) is 52.8 Å². The molecule has 0 saturated carbocycles. The number of carbonyl (C=O) groups is 3. The molecule has 2 amide bonds. The molecule has 1 aromatic rings. The number of esters is 1. The van der Waals surface area contributed by atoms with Crippen molar-refractivity contribution >= 4 is 23.7 Å². The van der Waals surface area contributed by atoms with Crippen molar-refractivity contribution in [3.05, 3.63) is 29.3 Å². The molecule has 29 heavy (non-hydrogen) atoms. The van der Waals surface area contributed by atoms with Crippen molar-refractivity contribution in [1.29, 1.82) is 0 Å². The number of nitrogens with one attached hydrogen (secondary N) is 1. The minimum atomic E-state index is -0.898. The SMILES string of the molecule is Cc1cccc(C)c1NC(=O)[C@@H](C)OC(=O)C1CCN(C(=O)OC(C)(C)C)CC1. The van der Waals surface area contributed by atoms with Crippen LogP contribution in [0.2, 0.25) is 0 Å². The zero-order chi connectivity index (χ0) is 21.8. The van der Waals surface area contributed by atoms with Crippen LogP contribution >= 0.6 is 0 Å². The Morgan fingerprint density at radius 2 is 1.66 bits per heavy atom. The number of carbonyl (C=O) groups excluding carboxylic acids is 3. The Morgan fingerprint density at radius 3 is 2.17 bits per heavy atom. The molecule has 160 valence electrons. The molecular formula is C22H32N2O5. The van der Waals surface area contributed by atoms with Gasteiger partial charge >= 0.3 is 12.1 Å². The van der Waals surface area contributed by atoms with Crippen LogP contribution in [0, 0.1) is 19.8 Å². The molecule has 1 N–H and O–H groups in total. The Balaban J connectivity index is 1.84. The maximum absolute atomic E-state index is 12.5. The fraction of sp³-hybridized carbons (Fsp3) is 0.591. The van der Waals surface area contributed by atoms with Crippen LogP contribution in [0.3, 0.4) is 0 Å². The molecule has 1 fully saturated rings. The second-order valence-electron chi connectivity index (χ2n) is 8.58. The summed E-state index contributed by atoms with van der Waals surface area (Å²) in [5.41, 5.74) is 2.09. The summed E-state index contributed by atoms with van der Waals surface area (Å²) < 4.78 is 10.8. The van der Waals surface area contributed by atoms with Crippen LogP contribution in [0.5, 0.6) is 0 Å². The summed E-state index contributed by atoms with van der Waals surface area (Å²) in [5, 5.41) is 2.84. The monoisotopic (exact) mass is 404 g/mol. The molecule has 0 aliphatic carbocycles. The average Bonchev–Trinajstić information content (AvgIpc) is 2.63. The van der Waals surface area contributed by atoms with E-state index in [0.29, 0.717) is 25.9 Å². The van der Waals surface area contributed by atoms with Crippen molar-refractivity contribution in [2.45, 2.75) is 66.1 Å². The number of ether oxygens (including phenoxy) is 2. The van der Waals surface area contributed by atoms with Crippen LogP contribution in [0.25, 0.3) is 0 Å². The molecule has 0 aromatic heterocycles. The van der Waals surface area contributed by atoms with Gasteiger partial charge in [0.25, 0.3) is 5.91 Å². The largest absolute Gasteiger partial charge is 0.452 e. The van der Waals surface area contributed by atoms with Gasteiger partial charge in [-0.2, -0.15) is 0 Å². The first-order valence-corrected chi connectivity index (χ1v) is 10.0. The van der Waals surface area contributed by atoms with E-state index >= 15 is 0 Å². The zero-order valence-corrected chi connectivity index (χ0v) is 18.2. The van der Waals surface area contributed by atoms with E-state index < -0.39 is 17.7 Å². The van der Waals surface area contributed by atoms with Crippen LogP contribution in [0.15, 0.2) is 18.2 Å². The van der Waals surface area contributed by atoms with Crippen molar-refractivity contribution in [2.24, 2.45) is 5.92 Å². The van der Waals surface area contributed by atoms with Gasteiger partial charge in [0.2, 0.25) is 0 Å². The van der Waals surface area contributed by atoms with E-state index in [0.717, 1.165) is 16.8 Å². The van der Waals surface area contributed by atoms with Gasteiger partial charge < -0.3 is 19.7 Å². The second kappa shape index (κ2) is 9.29. The average molecular weight is 405 g/mol. The Labute approximate surface area is 172 Å². The standard InChI is InChI=1S/C22H32N2O5/c1-14-8-7-9-15(2)18(14)23-19(25)16(3)28-20(26)17-10-12-24(13-11-17)21(27)29-22(4,5)6/h7-9,16-17H,10-13H2,1-6H3,(H,23,25)/t16-/m1/s1. The molecule has 1 atom stereocenters. The van der Waals surface area contributed by atoms with Gasteiger partial charge in [-0.15, -0.1) is 0 Å². The van der Waals surface area contributed by atoms with E-state index in [2.05, 4.69) is 5.32 Å². The molecular weight excluding hydrogens is 372 g/mol. The molecule has 1 aliphatic rings. The summed E-state index contributed by atoms with van der Waals surface area (Å²) in [6.07, 6.45) is -0.289. The molecule has 7 nitrogen and oxygen atoms in total. The summed E-state index contributed by atoms with van der Waals surface area (Å²) in [6, 6.07) is 5.75. The number of piperidine rings is 1. The Bertz CT molecular complexity index is 741. The molecule has 0 bridgehead atoms. The number of hydrogen-bond acceptors (Lipinski definition) is 5. The minimum absolute atomic E-state index is 0.330. The van der Waals surface area contributed by atoms with Crippen LogP contribution < -0.4 is 5.32 Å². The predicted molar refractivity (Wildman–Crippen MR) is 111 cm³/mol. The smallest absolute Gasteiger partial charge is 0.410 e. The van der Waals surface area contributed by atoms with Crippen molar-refractivity contribution in [2.75, 3.05) is 18.4 Å². The lowest BCUT2D eigenvalue weighted by molar-refractivity contribution is -0.158. The van der Waals surface area contributed by atoms with E-state index in [1.165, 1.54) is 0 Å². The highest BCUT2D eigenvalue weighted by atomic mass is 16.6. The molecule has 2 rings (SSSR count). The molecule has 1 heterocycles. The van der Waals surface area contributed by atoms with Crippen molar-refractivity contribution in [1.82, 2.24) is 4.90 Å². The third kappa shape index (κ3) is 6.48. The number of hydrogen-bond donors (Lipinski definition) is 1. The first-order valence-electron chi connectivity index (χ1n) is 10.0. The Hall–Kier alpha value is -2.57. The highest BCUT2D eigenvalue weighted by Gasteiger charge is 2.32. The van der Waals surface area contributed by atoms with Crippen LogP contribution in [-0.2, 0) is 19.1 Å². The normalized spacial score (nSPS) is 16.1. The summed E-state index contributed by atoms with van der Waals surface area (Å²) >= 11 is 0. The number of anilines is 1. The minimum Gasteiger partial charge on any atom is -0.452 e. The molecule has 0 unspecified atom stereocenters. The number of amides is 2. The van der Waals surface area contributed by atoms with Crippen molar-refractivity contribution in [3.63, 3.8) is 0 Å². The number of para-hydroxylation sites is 1. The summed E-state index contributed by atoms with van der Waals surface area (Å²) in [6.45, 7) is 11.7. The van der Waals surface area contributed by atoms with Gasteiger partial charge in [-0.3, -0.25) is 9.59 Å². The van der Waals surface area contributed by atoms with Gasteiger partial charge in [-0.05, 0) is 65.5 Å². The quantitative estimate of drug-likeness (QED) is 0.771. The first-order chi connectivity index (χ1) is 13.5. The topological polar surface area (TPSA) is 84.9 Å². The first kappa shape index (κ1) is 22.7. The second-order valence-corrected chi connectivity index (χ2v) is 8.58. The molecule has 1 aromatic carbocycles. The summed E-state index contributed by atoms with van der Waals surface area (Å²) in [5.74, 6) is -1.09. The van der Waals surface area contributed by atoms with Gasteiger partial charge in [0, 0.05) is 18.8 Å². The number of aryl methyl sites for hydroxylation is 2. The number of rotatable bonds is 4. The van der Waals surface area contributed by atoms with Gasteiger partial charge in [-0.1, -0.05) is 18.2 Å². The van der Waals surface area contributed by atoms with Gasteiger partial charge in [0.1, 0.15) is 5.60 Å². The fourth-order valence-electron chi connectivity index (χ4n) is 3.18. The lowest BCUT2D eigenvalue weighted by Gasteiger charge is -2.32. The van der Waals surface area contributed by atoms with E-state index in [-0.39, 0.29) is 17.9 Å². The molecule has 0 spiro atoms. The van der Waals surface area contributed by atoms with Crippen LogP contribution in [-0.4, -0.2) is 47.7 Å². The van der Waals surface area contributed by atoms with Crippen LogP contribution in [0.4, 0.5) is 10.5 Å². The maximum atomic E-state index is 12.5. The van der Waals surface area contributed by atoms with Gasteiger partial charge in [0.05, 0.1) is 5.92 Å². The highest BCUT2D eigenvalue weighted by Crippen LogP contribution is 2.23. The van der Waals surface area contributed by atoms with E-state index in [9.17, 15) is 14.4 Å². The summed E-state index contributed by atoms with van der Waals surface area (Å²) in [4.78, 5) is 38.6. The third-order valence-corrected chi connectivity index (χ3v) is 4.87. The van der Waals surface area contributed by atoms with Crippen LogP contribution in [0.1, 0.15) is 51.7 Å². The van der Waals surface area contributed by atoms with Gasteiger partial charge in [-0.25, -0.2) is 4.79 Å². The Kier molecular flexibility index (Phi) is 7.27. The zero-order valence-electron chi connectivity index (χ0n) is 18.2. The van der Waals surface area contributed by atoms with Gasteiger partial charge in [0.15, 0.2) is 6.10 Å². The molecule has 1 saturated heterocycles. The predicted octanol–water partition coefficient (Wildman–Crippen LogP) is 3.82. The summed E-state index contributed by atoms with van der Waals surface area (Å²) in [7, 11) is 0. The molecule has 7 heteroatoms. The molecule has 1 aliphatic heterocycles. The number of benzene rings is 1.